The van der Waals surface area contributed by atoms with Gasteiger partial charge in [0.15, 0.2) is 0 Å². The van der Waals surface area contributed by atoms with Gasteiger partial charge in [-0.1, -0.05) is 24.9 Å². The van der Waals surface area contributed by atoms with Gasteiger partial charge in [0.05, 0.1) is 25.3 Å². The van der Waals surface area contributed by atoms with Gasteiger partial charge in [0, 0.05) is 16.7 Å². The monoisotopic (exact) mass is 304 g/mol. The molecule has 22 heavy (non-hydrogen) atoms. The SMILES string of the molecule is CCCCOc1nc(C)cc(OCC2CCC2)c1CN=[N+]=[N-]. The summed E-state index contributed by atoms with van der Waals surface area (Å²) in [6, 6.07) is 1.90. The molecule has 1 saturated carbocycles. The molecule has 120 valence electrons. The van der Waals surface area contributed by atoms with Crippen LogP contribution in [0.15, 0.2) is 11.2 Å². The van der Waals surface area contributed by atoms with E-state index in [1.807, 2.05) is 13.0 Å². The van der Waals surface area contributed by atoms with Crippen LogP contribution in [0.4, 0.5) is 0 Å². The molecule has 1 aliphatic rings. The molecule has 1 aliphatic carbocycles. The van der Waals surface area contributed by atoms with Gasteiger partial charge in [-0.2, -0.15) is 0 Å². The van der Waals surface area contributed by atoms with Gasteiger partial charge in [0.2, 0.25) is 5.88 Å². The van der Waals surface area contributed by atoms with Crippen LogP contribution in [0.2, 0.25) is 0 Å². The highest BCUT2D eigenvalue weighted by Crippen LogP contribution is 2.32. The third-order valence-corrected chi connectivity index (χ3v) is 3.90. The van der Waals surface area contributed by atoms with Crippen molar-refractivity contribution in [3.63, 3.8) is 0 Å². The molecule has 6 heteroatoms. The van der Waals surface area contributed by atoms with E-state index in [9.17, 15) is 0 Å². The highest BCUT2D eigenvalue weighted by molar-refractivity contribution is 5.42. The number of hydrogen-bond acceptors (Lipinski definition) is 4. The van der Waals surface area contributed by atoms with E-state index in [1.165, 1.54) is 19.3 Å². The van der Waals surface area contributed by atoms with Crippen LogP contribution in [0.3, 0.4) is 0 Å². The van der Waals surface area contributed by atoms with E-state index in [0.717, 1.165) is 29.8 Å². The Kier molecular flexibility index (Phi) is 6.34. The quantitative estimate of drug-likeness (QED) is 0.290. The first-order chi connectivity index (χ1) is 10.7. The Labute approximate surface area is 131 Å². The lowest BCUT2D eigenvalue weighted by Crippen LogP contribution is -2.20. The highest BCUT2D eigenvalue weighted by Gasteiger charge is 2.20. The van der Waals surface area contributed by atoms with E-state index < -0.39 is 0 Å². The minimum absolute atomic E-state index is 0.200. The molecule has 0 atom stereocenters. The van der Waals surface area contributed by atoms with Crippen molar-refractivity contribution in [2.24, 2.45) is 11.0 Å². The summed E-state index contributed by atoms with van der Waals surface area (Å²) in [5, 5.41) is 3.66. The number of aromatic nitrogens is 1. The normalized spacial score (nSPS) is 14.1. The first kappa shape index (κ1) is 16.4. The minimum Gasteiger partial charge on any atom is -0.493 e. The number of pyridine rings is 1. The number of nitrogens with zero attached hydrogens (tertiary/aromatic N) is 4. The van der Waals surface area contributed by atoms with Gasteiger partial charge < -0.3 is 9.47 Å². The van der Waals surface area contributed by atoms with Crippen molar-refractivity contribution in [3.8, 4) is 11.6 Å². The number of aryl methyl sites for hydroxylation is 1. The average molecular weight is 304 g/mol. The van der Waals surface area contributed by atoms with Crippen LogP contribution in [0, 0.1) is 12.8 Å². The molecule has 1 heterocycles. The number of azide groups is 1. The highest BCUT2D eigenvalue weighted by atomic mass is 16.5. The maximum absolute atomic E-state index is 8.60. The van der Waals surface area contributed by atoms with Crippen molar-refractivity contribution >= 4 is 0 Å². The zero-order chi connectivity index (χ0) is 15.8. The minimum atomic E-state index is 0.200. The lowest BCUT2D eigenvalue weighted by molar-refractivity contribution is 0.178. The predicted octanol–water partition coefficient (Wildman–Crippen LogP) is 4.56. The summed E-state index contributed by atoms with van der Waals surface area (Å²) in [6.45, 7) is 5.55. The van der Waals surface area contributed by atoms with Gasteiger partial charge in [-0.15, -0.1) is 0 Å². The zero-order valence-corrected chi connectivity index (χ0v) is 13.4. The molecule has 0 radical (unpaired) electrons. The molecular formula is C16H24N4O2. The lowest BCUT2D eigenvalue weighted by atomic mass is 9.86. The van der Waals surface area contributed by atoms with Crippen molar-refractivity contribution in [1.82, 2.24) is 4.98 Å². The fourth-order valence-electron chi connectivity index (χ4n) is 2.32. The molecule has 0 aromatic carbocycles. The van der Waals surface area contributed by atoms with Gasteiger partial charge in [-0.3, -0.25) is 0 Å². The van der Waals surface area contributed by atoms with Crippen LogP contribution in [0.1, 0.15) is 50.3 Å². The second-order valence-corrected chi connectivity index (χ2v) is 5.74. The van der Waals surface area contributed by atoms with Gasteiger partial charge >= 0.3 is 0 Å². The summed E-state index contributed by atoms with van der Waals surface area (Å²) in [5.41, 5.74) is 10.2. The number of hydrogen-bond donors (Lipinski definition) is 0. The van der Waals surface area contributed by atoms with Crippen molar-refractivity contribution in [2.75, 3.05) is 13.2 Å². The average Bonchev–Trinajstić information content (AvgIpc) is 2.45. The number of rotatable bonds is 9. The molecule has 0 spiro atoms. The fraction of sp³-hybridized carbons (Fsp3) is 0.688. The van der Waals surface area contributed by atoms with E-state index in [0.29, 0.717) is 25.0 Å². The largest absolute Gasteiger partial charge is 0.493 e. The van der Waals surface area contributed by atoms with Crippen LogP contribution >= 0.6 is 0 Å². The fourth-order valence-corrected chi connectivity index (χ4v) is 2.32. The summed E-state index contributed by atoms with van der Waals surface area (Å²) >= 11 is 0. The lowest BCUT2D eigenvalue weighted by Gasteiger charge is -2.26. The van der Waals surface area contributed by atoms with Crippen molar-refractivity contribution < 1.29 is 9.47 Å². The van der Waals surface area contributed by atoms with E-state index in [1.54, 1.807) is 0 Å². The van der Waals surface area contributed by atoms with Crippen molar-refractivity contribution in [2.45, 2.75) is 52.5 Å². The van der Waals surface area contributed by atoms with Crippen LogP contribution in [-0.2, 0) is 6.54 Å². The number of ether oxygens (including phenoxy) is 2. The van der Waals surface area contributed by atoms with Crippen LogP contribution in [0.5, 0.6) is 11.6 Å². The van der Waals surface area contributed by atoms with Gasteiger partial charge in [0.1, 0.15) is 5.75 Å². The molecular weight excluding hydrogens is 280 g/mol. The topological polar surface area (TPSA) is 80.1 Å². The Hall–Kier alpha value is -1.94. The molecule has 0 bridgehead atoms. The molecule has 0 aliphatic heterocycles. The smallest absolute Gasteiger partial charge is 0.220 e. The third kappa shape index (κ3) is 4.53. The Morgan fingerprint density at radius 3 is 2.86 bits per heavy atom. The van der Waals surface area contributed by atoms with E-state index in [4.69, 9.17) is 15.0 Å². The molecule has 0 unspecified atom stereocenters. The summed E-state index contributed by atoms with van der Waals surface area (Å²) in [7, 11) is 0. The Morgan fingerprint density at radius 1 is 1.41 bits per heavy atom. The second kappa shape index (κ2) is 8.49. The summed E-state index contributed by atoms with van der Waals surface area (Å²) in [4.78, 5) is 7.28. The van der Waals surface area contributed by atoms with Crippen LogP contribution in [-0.4, -0.2) is 18.2 Å². The predicted molar refractivity (Wildman–Crippen MR) is 85.1 cm³/mol. The Morgan fingerprint density at radius 2 is 2.23 bits per heavy atom. The molecule has 1 aromatic heterocycles. The van der Waals surface area contributed by atoms with E-state index in [-0.39, 0.29) is 6.54 Å². The van der Waals surface area contributed by atoms with Crippen LogP contribution in [0.25, 0.3) is 10.4 Å². The first-order valence-electron chi connectivity index (χ1n) is 8.01. The molecule has 1 aromatic rings. The van der Waals surface area contributed by atoms with E-state index in [2.05, 4.69) is 21.9 Å². The summed E-state index contributed by atoms with van der Waals surface area (Å²) < 4.78 is 11.7. The molecule has 0 amide bonds. The molecule has 0 saturated heterocycles. The maximum Gasteiger partial charge on any atom is 0.220 e. The van der Waals surface area contributed by atoms with Crippen molar-refractivity contribution in [1.29, 1.82) is 0 Å². The van der Waals surface area contributed by atoms with Gasteiger partial charge in [-0.05, 0) is 37.6 Å². The summed E-state index contributed by atoms with van der Waals surface area (Å²) in [6.07, 6.45) is 5.78. The third-order valence-electron chi connectivity index (χ3n) is 3.90. The maximum atomic E-state index is 8.60. The van der Waals surface area contributed by atoms with Crippen molar-refractivity contribution in [3.05, 3.63) is 27.8 Å². The second-order valence-electron chi connectivity index (χ2n) is 5.74. The molecule has 2 rings (SSSR count). The molecule has 1 fully saturated rings. The van der Waals surface area contributed by atoms with Gasteiger partial charge in [0.25, 0.3) is 0 Å². The molecule has 6 nitrogen and oxygen atoms in total. The van der Waals surface area contributed by atoms with E-state index >= 15 is 0 Å². The standard InChI is InChI=1S/C16H24N4O2/c1-3-4-8-21-16-14(10-18-20-17)15(9-12(2)19-16)22-11-13-6-5-7-13/h9,13H,3-8,10-11H2,1-2H3. The first-order valence-corrected chi connectivity index (χ1v) is 8.01. The number of unbranched alkanes of at least 4 members (excludes halogenated alkanes) is 1. The molecule has 0 N–H and O–H groups in total. The Bertz CT molecular complexity index is 537. The summed E-state index contributed by atoms with van der Waals surface area (Å²) in [5.74, 6) is 1.91. The van der Waals surface area contributed by atoms with Crippen LogP contribution < -0.4 is 9.47 Å². The van der Waals surface area contributed by atoms with Gasteiger partial charge in [-0.25, -0.2) is 4.98 Å². The zero-order valence-electron chi connectivity index (χ0n) is 13.4. The Balaban J connectivity index is 2.16.